The molecule has 1 amide bonds. The van der Waals surface area contributed by atoms with Crippen LogP contribution >= 0.6 is 15.9 Å². The van der Waals surface area contributed by atoms with Gasteiger partial charge in [0.25, 0.3) is 6.17 Å². The molecule has 3 rings (SSSR count). The molecular formula is C13H14BrN4O2+. The molecule has 0 radical (unpaired) electrons. The number of nitrogens with zero attached hydrogens (tertiary/aromatic N) is 2. The molecule has 1 aliphatic rings. The largest absolute Gasteiger partial charge is 0.342 e. The van der Waals surface area contributed by atoms with Crippen molar-refractivity contribution in [2.24, 2.45) is 0 Å². The van der Waals surface area contributed by atoms with E-state index >= 15 is 0 Å². The van der Waals surface area contributed by atoms with Crippen LogP contribution in [0.3, 0.4) is 0 Å². The van der Waals surface area contributed by atoms with E-state index in [-0.39, 0.29) is 12.1 Å². The van der Waals surface area contributed by atoms with E-state index in [2.05, 4.69) is 44.0 Å². The molecular weight excluding hydrogens is 324 g/mol. The summed E-state index contributed by atoms with van der Waals surface area (Å²) in [6, 6.07) is 8.22. The Morgan fingerprint density at radius 2 is 2.35 bits per heavy atom. The van der Waals surface area contributed by atoms with Crippen LogP contribution in [0.4, 0.5) is 5.88 Å². The van der Waals surface area contributed by atoms with Crippen molar-refractivity contribution in [3.8, 4) is 0 Å². The van der Waals surface area contributed by atoms with Gasteiger partial charge in [-0.15, -0.1) is 0 Å². The van der Waals surface area contributed by atoms with Gasteiger partial charge in [-0.05, 0) is 16.7 Å². The third-order valence-corrected chi connectivity index (χ3v) is 3.95. The van der Waals surface area contributed by atoms with E-state index in [9.17, 15) is 4.79 Å². The number of benzene rings is 1. The first-order valence-electron chi connectivity index (χ1n) is 6.32. The molecule has 0 aliphatic carbocycles. The highest BCUT2D eigenvalue weighted by atomic mass is 79.9. The van der Waals surface area contributed by atoms with E-state index < -0.39 is 0 Å². The Bertz CT molecular complexity index is 656. The lowest BCUT2D eigenvalue weighted by molar-refractivity contribution is -0.790. The number of hydrogen-bond acceptors (Lipinski definition) is 4. The van der Waals surface area contributed by atoms with Crippen LogP contribution in [-0.2, 0) is 11.2 Å². The fourth-order valence-electron chi connectivity index (χ4n) is 2.36. The van der Waals surface area contributed by atoms with Gasteiger partial charge in [-0.25, -0.2) is 0 Å². The van der Waals surface area contributed by atoms with Gasteiger partial charge in [0, 0.05) is 35.0 Å². The maximum Gasteiger partial charge on any atom is 0.342 e. The average molecular weight is 338 g/mol. The number of fused-ring (bicyclic) bond motifs is 1. The summed E-state index contributed by atoms with van der Waals surface area (Å²) < 4.78 is 7.45. The monoisotopic (exact) mass is 337 g/mol. The standard InChI is InChI=1S/C13H13BrN4O2/c1-8(19)16-13-11(14)18(17-20-13)12-10-5-3-2-4-9(10)6-7-15-12/h2-5,12,15H,6-7H2,1H3/p+1. The molecule has 0 fully saturated rings. The summed E-state index contributed by atoms with van der Waals surface area (Å²) in [6.07, 6.45) is 0.877. The molecule has 0 spiro atoms. The van der Waals surface area contributed by atoms with Gasteiger partial charge in [0.2, 0.25) is 11.2 Å². The highest BCUT2D eigenvalue weighted by molar-refractivity contribution is 9.10. The number of halogens is 1. The molecule has 1 atom stereocenters. The van der Waals surface area contributed by atoms with Crippen LogP contribution in [0.15, 0.2) is 33.4 Å². The number of anilines is 1. The molecule has 0 saturated heterocycles. The van der Waals surface area contributed by atoms with Crippen molar-refractivity contribution in [1.82, 2.24) is 10.6 Å². The molecule has 2 aromatic rings. The molecule has 1 aromatic carbocycles. The normalized spacial score (nSPS) is 17.6. The van der Waals surface area contributed by atoms with Gasteiger partial charge in [-0.2, -0.15) is 0 Å². The van der Waals surface area contributed by atoms with Crippen molar-refractivity contribution in [2.45, 2.75) is 19.5 Å². The van der Waals surface area contributed by atoms with Gasteiger partial charge < -0.3 is 0 Å². The SMILES string of the molecule is CC(=O)Nc1on[n+](C2NCCc3ccccc32)c1Br. The Labute approximate surface area is 124 Å². The number of carbonyl (C=O) groups is 1. The van der Waals surface area contributed by atoms with Gasteiger partial charge >= 0.3 is 10.5 Å². The third kappa shape index (κ3) is 2.34. The first-order chi connectivity index (χ1) is 9.66. The van der Waals surface area contributed by atoms with Crippen molar-refractivity contribution in [3.63, 3.8) is 0 Å². The van der Waals surface area contributed by atoms with Crippen molar-refractivity contribution in [1.29, 1.82) is 0 Å². The summed E-state index contributed by atoms with van der Waals surface area (Å²) in [5, 5.41) is 10.00. The summed E-state index contributed by atoms with van der Waals surface area (Å²) in [5.74, 6) is 0.105. The minimum atomic E-state index is -0.203. The minimum Gasteiger partial charge on any atom is -0.288 e. The predicted molar refractivity (Wildman–Crippen MR) is 75.0 cm³/mol. The van der Waals surface area contributed by atoms with Crippen LogP contribution in [-0.4, -0.2) is 17.7 Å². The molecule has 2 N–H and O–H groups in total. The Morgan fingerprint density at radius 3 is 3.15 bits per heavy atom. The number of hydrogen-bond donors (Lipinski definition) is 2. The highest BCUT2D eigenvalue weighted by Crippen LogP contribution is 2.24. The van der Waals surface area contributed by atoms with E-state index in [1.807, 2.05) is 12.1 Å². The van der Waals surface area contributed by atoms with Crippen LogP contribution in [0.1, 0.15) is 24.2 Å². The van der Waals surface area contributed by atoms with Gasteiger partial charge in [-0.1, -0.05) is 24.3 Å². The molecule has 104 valence electrons. The molecule has 0 saturated carbocycles. The lowest BCUT2D eigenvalue weighted by atomic mass is 9.99. The van der Waals surface area contributed by atoms with E-state index in [0.717, 1.165) is 18.5 Å². The number of nitrogens with one attached hydrogen (secondary N) is 2. The average Bonchev–Trinajstić information content (AvgIpc) is 2.79. The van der Waals surface area contributed by atoms with Gasteiger partial charge in [0.15, 0.2) is 0 Å². The second-order valence-corrected chi connectivity index (χ2v) is 5.38. The lowest BCUT2D eigenvalue weighted by Gasteiger charge is -2.20. The first-order valence-corrected chi connectivity index (χ1v) is 7.12. The summed E-state index contributed by atoms with van der Waals surface area (Å²) in [4.78, 5) is 11.1. The van der Waals surface area contributed by atoms with Gasteiger partial charge in [0.05, 0.1) is 0 Å². The van der Waals surface area contributed by atoms with E-state index in [1.54, 1.807) is 4.68 Å². The van der Waals surface area contributed by atoms with Crippen LogP contribution in [0.2, 0.25) is 0 Å². The van der Waals surface area contributed by atoms with E-state index in [1.165, 1.54) is 12.5 Å². The van der Waals surface area contributed by atoms with Crippen molar-refractivity contribution >= 4 is 27.7 Å². The van der Waals surface area contributed by atoms with Gasteiger partial charge in [-0.3, -0.25) is 20.0 Å². The highest BCUT2D eigenvalue weighted by Gasteiger charge is 2.35. The number of rotatable bonds is 2. The fourth-order valence-corrected chi connectivity index (χ4v) is 2.80. The molecule has 0 bridgehead atoms. The summed E-state index contributed by atoms with van der Waals surface area (Å²) in [6.45, 7) is 2.29. The topological polar surface area (TPSA) is 71.0 Å². The first kappa shape index (κ1) is 13.3. The molecule has 1 unspecified atom stereocenters. The van der Waals surface area contributed by atoms with Crippen LogP contribution in [0, 0.1) is 0 Å². The third-order valence-electron chi connectivity index (χ3n) is 3.22. The Kier molecular flexibility index (Phi) is 3.54. The maximum atomic E-state index is 11.1. The zero-order valence-electron chi connectivity index (χ0n) is 10.9. The predicted octanol–water partition coefficient (Wildman–Crippen LogP) is 1.38. The summed E-state index contributed by atoms with van der Waals surface area (Å²) >= 11 is 3.42. The Morgan fingerprint density at radius 1 is 1.55 bits per heavy atom. The summed E-state index contributed by atoms with van der Waals surface area (Å²) in [7, 11) is 0. The molecule has 1 aromatic heterocycles. The maximum absolute atomic E-state index is 11.1. The number of carbonyl (C=O) groups excluding carboxylic acids is 1. The molecule has 6 nitrogen and oxygen atoms in total. The second-order valence-electron chi connectivity index (χ2n) is 4.62. The number of amides is 1. The lowest BCUT2D eigenvalue weighted by Crippen LogP contribution is -2.53. The van der Waals surface area contributed by atoms with Crippen LogP contribution < -0.4 is 15.3 Å². The van der Waals surface area contributed by atoms with Crippen LogP contribution in [0.5, 0.6) is 0 Å². The van der Waals surface area contributed by atoms with Crippen molar-refractivity contribution in [2.75, 3.05) is 11.9 Å². The molecule has 7 heteroatoms. The molecule has 1 aliphatic heterocycles. The van der Waals surface area contributed by atoms with E-state index in [0.29, 0.717) is 10.5 Å². The smallest absolute Gasteiger partial charge is 0.288 e. The van der Waals surface area contributed by atoms with Crippen molar-refractivity contribution < 1.29 is 14.0 Å². The Hall–Kier alpha value is -1.73. The Balaban J connectivity index is 1.99. The zero-order valence-corrected chi connectivity index (χ0v) is 12.5. The van der Waals surface area contributed by atoms with Crippen molar-refractivity contribution in [3.05, 3.63) is 40.0 Å². The zero-order chi connectivity index (χ0) is 14.1. The number of aromatic nitrogens is 2. The fraction of sp³-hybridized carbons (Fsp3) is 0.308. The molecule has 2 heterocycles. The second kappa shape index (κ2) is 5.34. The quantitative estimate of drug-likeness (QED) is 0.812. The van der Waals surface area contributed by atoms with Crippen LogP contribution in [0.25, 0.3) is 0 Å². The molecule has 20 heavy (non-hydrogen) atoms. The van der Waals surface area contributed by atoms with E-state index in [4.69, 9.17) is 4.52 Å². The summed E-state index contributed by atoms with van der Waals surface area (Å²) in [5.41, 5.74) is 2.45. The minimum absolute atomic E-state index is 0.111. The van der Waals surface area contributed by atoms with Gasteiger partial charge in [0.1, 0.15) is 0 Å².